The molecule has 0 bridgehead atoms. The van der Waals surface area contributed by atoms with Gasteiger partial charge in [-0.2, -0.15) is 4.98 Å². The zero-order valence-electron chi connectivity index (χ0n) is 16.1. The van der Waals surface area contributed by atoms with Crippen molar-refractivity contribution in [3.8, 4) is 5.69 Å². The lowest BCUT2D eigenvalue weighted by Gasteiger charge is -2.30. The molecule has 29 heavy (non-hydrogen) atoms. The highest BCUT2D eigenvalue weighted by Gasteiger charge is 2.37. The molecule has 0 N–H and O–H groups in total. The number of amides is 1. The fourth-order valence-electron chi connectivity index (χ4n) is 3.93. The SMILES string of the molecule is Cc1noc(C2CCCN(C(=O)c3nnn(-c4ccc(Br)cc4)c3C3CC3)C2)n1. The Morgan fingerprint density at radius 2 is 1.97 bits per heavy atom. The number of aryl methyl sites for hydroxylation is 1. The van der Waals surface area contributed by atoms with Crippen LogP contribution in [-0.4, -0.2) is 49.0 Å². The van der Waals surface area contributed by atoms with E-state index in [0.29, 0.717) is 36.4 Å². The minimum atomic E-state index is -0.0591. The van der Waals surface area contributed by atoms with Gasteiger partial charge in [-0.05, 0) is 56.9 Å². The number of halogens is 1. The molecule has 1 saturated heterocycles. The Bertz CT molecular complexity index is 1040. The van der Waals surface area contributed by atoms with Crippen LogP contribution in [0.2, 0.25) is 0 Å². The monoisotopic (exact) mass is 456 g/mol. The molecule has 0 spiro atoms. The van der Waals surface area contributed by atoms with Crippen LogP contribution in [0.15, 0.2) is 33.3 Å². The van der Waals surface area contributed by atoms with E-state index in [4.69, 9.17) is 4.52 Å². The first-order valence-corrected chi connectivity index (χ1v) is 10.7. The fourth-order valence-corrected chi connectivity index (χ4v) is 4.19. The molecular weight excluding hydrogens is 436 g/mol. The van der Waals surface area contributed by atoms with E-state index in [-0.39, 0.29) is 11.8 Å². The second kappa shape index (κ2) is 7.37. The van der Waals surface area contributed by atoms with Crippen molar-refractivity contribution < 1.29 is 9.32 Å². The first kappa shape index (κ1) is 18.5. The van der Waals surface area contributed by atoms with Crippen molar-refractivity contribution in [1.82, 2.24) is 30.0 Å². The summed E-state index contributed by atoms with van der Waals surface area (Å²) in [5, 5.41) is 12.5. The Balaban J connectivity index is 1.43. The maximum Gasteiger partial charge on any atom is 0.276 e. The summed E-state index contributed by atoms with van der Waals surface area (Å²) in [6.45, 7) is 3.08. The van der Waals surface area contributed by atoms with E-state index in [1.165, 1.54) is 0 Å². The van der Waals surface area contributed by atoms with Gasteiger partial charge in [0.2, 0.25) is 5.89 Å². The van der Waals surface area contributed by atoms with Crippen LogP contribution in [0, 0.1) is 6.92 Å². The van der Waals surface area contributed by atoms with Crippen LogP contribution in [0.1, 0.15) is 65.4 Å². The number of benzene rings is 1. The highest BCUT2D eigenvalue weighted by molar-refractivity contribution is 9.10. The largest absolute Gasteiger partial charge is 0.339 e. The van der Waals surface area contributed by atoms with Gasteiger partial charge in [-0.3, -0.25) is 4.79 Å². The molecule has 1 amide bonds. The van der Waals surface area contributed by atoms with Crippen molar-refractivity contribution in [2.45, 2.75) is 44.4 Å². The second-order valence-corrected chi connectivity index (χ2v) is 8.67. The summed E-state index contributed by atoms with van der Waals surface area (Å²) in [6.07, 6.45) is 3.96. The standard InChI is InChI=1S/C20H21BrN6O2/c1-12-22-19(29-24-12)14-3-2-10-26(11-14)20(28)17-18(13-4-5-13)27(25-23-17)16-8-6-15(21)7-9-16/h6-9,13-14H,2-5,10-11H2,1H3. The quantitative estimate of drug-likeness (QED) is 0.595. The van der Waals surface area contributed by atoms with Gasteiger partial charge in [-0.1, -0.05) is 26.3 Å². The Morgan fingerprint density at radius 3 is 2.66 bits per heavy atom. The molecule has 0 radical (unpaired) electrons. The van der Waals surface area contributed by atoms with Crippen molar-refractivity contribution in [2.75, 3.05) is 13.1 Å². The average molecular weight is 457 g/mol. The summed E-state index contributed by atoms with van der Waals surface area (Å²) in [7, 11) is 0. The van der Waals surface area contributed by atoms with Gasteiger partial charge in [0.15, 0.2) is 11.5 Å². The van der Waals surface area contributed by atoms with E-state index in [0.717, 1.165) is 41.5 Å². The van der Waals surface area contributed by atoms with Gasteiger partial charge in [-0.15, -0.1) is 5.10 Å². The molecule has 2 aliphatic rings. The number of likely N-dealkylation sites (tertiary alicyclic amines) is 1. The smallest absolute Gasteiger partial charge is 0.276 e. The Morgan fingerprint density at radius 1 is 1.17 bits per heavy atom. The molecule has 1 saturated carbocycles. The van der Waals surface area contributed by atoms with Crippen molar-refractivity contribution in [3.63, 3.8) is 0 Å². The number of carbonyl (C=O) groups excluding carboxylic acids is 1. The molecule has 1 unspecified atom stereocenters. The number of hydrogen-bond acceptors (Lipinski definition) is 6. The minimum Gasteiger partial charge on any atom is -0.339 e. The van der Waals surface area contributed by atoms with Crippen LogP contribution in [0.5, 0.6) is 0 Å². The number of aromatic nitrogens is 5. The van der Waals surface area contributed by atoms with Gasteiger partial charge in [0.25, 0.3) is 5.91 Å². The summed E-state index contributed by atoms with van der Waals surface area (Å²) < 4.78 is 8.17. The summed E-state index contributed by atoms with van der Waals surface area (Å²) >= 11 is 3.46. The third-order valence-corrected chi connectivity index (χ3v) is 6.07. The molecule has 8 nitrogen and oxygen atoms in total. The van der Waals surface area contributed by atoms with Crippen molar-refractivity contribution in [3.05, 3.63) is 51.8 Å². The van der Waals surface area contributed by atoms with E-state index >= 15 is 0 Å². The Kier molecular flexibility index (Phi) is 4.69. The zero-order chi connectivity index (χ0) is 20.0. The zero-order valence-corrected chi connectivity index (χ0v) is 17.7. The third-order valence-electron chi connectivity index (χ3n) is 5.54. The maximum absolute atomic E-state index is 13.4. The summed E-state index contributed by atoms with van der Waals surface area (Å²) in [4.78, 5) is 19.6. The van der Waals surface area contributed by atoms with Gasteiger partial charge < -0.3 is 9.42 Å². The number of hydrogen-bond donors (Lipinski definition) is 0. The minimum absolute atomic E-state index is 0.0591. The Hall–Kier alpha value is -2.55. The number of nitrogens with zero attached hydrogens (tertiary/aromatic N) is 6. The molecule has 3 heterocycles. The third kappa shape index (κ3) is 3.59. The highest BCUT2D eigenvalue weighted by atomic mass is 79.9. The summed E-state index contributed by atoms with van der Waals surface area (Å²) in [5.74, 6) is 1.58. The number of rotatable bonds is 4. The van der Waals surface area contributed by atoms with E-state index in [1.807, 2.05) is 33.8 Å². The van der Waals surface area contributed by atoms with Crippen LogP contribution in [0.25, 0.3) is 5.69 Å². The van der Waals surface area contributed by atoms with Crippen molar-refractivity contribution in [1.29, 1.82) is 0 Å². The normalized spacial score (nSPS) is 19.5. The molecule has 1 aromatic carbocycles. The van der Waals surface area contributed by atoms with Gasteiger partial charge in [0.05, 0.1) is 17.3 Å². The topological polar surface area (TPSA) is 89.9 Å². The number of piperidine rings is 1. The second-order valence-electron chi connectivity index (χ2n) is 7.76. The van der Waals surface area contributed by atoms with E-state index in [9.17, 15) is 4.79 Å². The average Bonchev–Trinajstić information content (AvgIpc) is 3.33. The van der Waals surface area contributed by atoms with Gasteiger partial charge in [-0.25, -0.2) is 4.68 Å². The van der Waals surface area contributed by atoms with Crippen molar-refractivity contribution >= 4 is 21.8 Å². The molecule has 1 aliphatic carbocycles. The molecule has 1 atom stereocenters. The van der Waals surface area contributed by atoms with Crippen LogP contribution in [0.3, 0.4) is 0 Å². The molecule has 3 aromatic rings. The molecule has 5 rings (SSSR count). The molecular formula is C20H21BrN6O2. The van der Waals surface area contributed by atoms with Crippen LogP contribution in [0.4, 0.5) is 0 Å². The summed E-state index contributed by atoms with van der Waals surface area (Å²) in [6, 6.07) is 7.90. The maximum atomic E-state index is 13.4. The van der Waals surface area contributed by atoms with Crippen LogP contribution < -0.4 is 0 Å². The predicted molar refractivity (Wildman–Crippen MR) is 108 cm³/mol. The lowest BCUT2D eigenvalue weighted by atomic mass is 9.97. The molecule has 2 fully saturated rings. The highest BCUT2D eigenvalue weighted by Crippen LogP contribution is 2.42. The predicted octanol–water partition coefficient (Wildman–Crippen LogP) is 3.62. The van der Waals surface area contributed by atoms with E-state index < -0.39 is 0 Å². The molecule has 2 aromatic heterocycles. The molecule has 150 valence electrons. The fraction of sp³-hybridized carbons (Fsp3) is 0.450. The Labute approximate surface area is 176 Å². The lowest BCUT2D eigenvalue weighted by Crippen LogP contribution is -2.39. The first-order chi connectivity index (χ1) is 14.1. The van der Waals surface area contributed by atoms with Crippen LogP contribution >= 0.6 is 15.9 Å². The van der Waals surface area contributed by atoms with Crippen molar-refractivity contribution in [2.24, 2.45) is 0 Å². The van der Waals surface area contributed by atoms with Gasteiger partial charge in [0, 0.05) is 23.5 Å². The van der Waals surface area contributed by atoms with Gasteiger partial charge in [0.1, 0.15) is 0 Å². The van der Waals surface area contributed by atoms with Gasteiger partial charge >= 0.3 is 0 Å². The number of carbonyl (C=O) groups is 1. The molecule has 1 aliphatic heterocycles. The summed E-state index contributed by atoms with van der Waals surface area (Å²) in [5.41, 5.74) is 2.31. The molecule has 9 heteroatoms. The first-order valence-electron chi connectivity index (χ1n) is 9.91. The van der Waals surface area contributed by atoms with Crippen LogP contribution in [-0.2, 0) is 0 Å². The van der Waals surface area contributed by atoms with E-state index in [1.54, 1.807) is 6.92 Å². The lowest BCUT2D eigenvalue weighted by molar-refractivity contribution is 0.0688. The van der Waals surface area contributed by atoms with E-state index in [2.05, 4.69) is 36.4 Å².